The fourth-order valence-corrected chi connectivity index (χ4v) is 2.16. The molecule has 0 unspecified atom stereocenters. The predicted octanol–water partition coefficient (Wildman–Crippen LogP) is 3.81. The van der Waals surface area contributed by atoms with Gasteiger partial charge in [-0.1, -0.05) is 23.7 Å². The van der Waals surface area contributed by atoms with Crippen LogP contribution in [-0.2, 0) is 0 Å². The summed E-state index contributed by atoms with van der Waals surface area (Å²) in [5.74, 6) is -1.93. The zero-order chi connectivity index (χ0) is 14.3. The molecule has 0 amide bonds. The lowest BCUT2D eigenvalue weighted by Gasteiger charge is -2.08. The van der Waals surface area contributed by atoms with E-state index in [-0.39, 0.29) is 22.1 Å². The summed E-state index contributed by atoms with van der Waals surface area (Å²) in [6, 6.07) is 8.97. The van der Waals surface area contributed by atoms with Crippen molar-refractivity contribution in [3.63, 3.8) is 0 Å². The number of halogens is 3. The molecule has 1 heterocycles. The van der Waals surface area contributed by atoms with Crippen LogP contribution in [0.25, 0.3) is 22.3 Å². The largest absolute Gasteiger partial charge is 0.382 e. The Morgan fingerprint density at radius 3 is 2.25 bits per heavy atom. The average Bonchev–Trinajstić information content (AvgIpc) is 2.42. The van der Waals surface area contributed by atoms with Crippen LogP contribution in [0.2, 0.25) is 5.02 Å². The molecule has 0 bridgehead atoms. The Morgan fingerprint density at radius 1 is 0.950 bits per heavy atom. The van der Waals surface area contributed by atoms with Gasteiger partial charge in [0.15, 0.2) is 17.5 Å². The van der Waals surface area contributed by atoms with Crippen molar-refractivity contribution < 1.29 is 8.78 Å². The summed E-state index contributed by atoms with van der Waals surface area (Å²) in [4.78, 5) is 8.50. The molecule has 3 aromatic rings. The van der Waals surface area contributed by atoms with Crippen molar-refractivity contribution in [3.8, 4) is 11.3 Å². The first-order valence-corrected chi connectivity index (χ1v) is 6.11. The lowest BCUT2D eigenvalue weighted by atomic mass is 10.1. The number of hydrogen-bond donors (Lipinski definition) is 1. The number of hydrogen-bond acceptors (Lipinski definition) is 3. The zero-order valence-electron chi connectivity index (χ0n) is 10.1. The third-order valence-corrected chi connectivity index (χ3v) is 3.18. The third-order valence-electron chi connectivity index (χ3n) is 2.86. The Balaban J connectivity index is 2.29. The highest BCUT2D eigenvalue weighted by molar-refractivity contribution is 6.33. The SMILES string of the molecule is Nc1nc2ccccc2nc1-c1cc(F)c(F)cc1Cl. The van der Waals surface area contributed by atoms with Crippen LogP contribution in [0.4, 0.5) is 14.6 Å². The lowest BCUT2D eigenvalue weighted by Crippen LogP contribution is -1.99. The van der Waals surface area contributed by atoms with Crippen LogP contribution in [0.3, 0.4) is 0 Å². The fraction of sp³-hybridized carbons (Fsp3) is 0. The van der Waals surface area contributed by atoms with Gasteiger partial charge in [-0.2, -0.15) is 0 Å². The minimum Gasteiger partial charge on any atom is -0.382 e. The van der Waals surface area contributed by atoms with Crippen molar-refractivity contribution in [2.24, 2.45) is 0 Å². The van der Waals surface area contributed by atoms with Gasteiger partial charge in [0.05, 0.1) is 16.1 Å². The Bertz CT molecular complexity index is 821. The number of anilines is 1. The van der Waals surface area contributed by atoms with Gasteiger partial charge in [0.25, 0.3) is 0 Å². The molecule has 0 spiro atoms. The van der Waals surface area contributed by atoms with Gasteiger partial charge in [0.2, 0.25) is 0 Å². The Morgan fingerprint density at radius 2 is 1.55 bits per heavy atom. The molecule has 0 fully saturated rings. The summed E-state index contributed by atoms with van der Waals surface area (Å²) in [5.41, 5.74) is 7.48. The average molecular weight is 292 g/mol. The van der Waals surface area contributed by atoms with Crippen LogP contribution in [0, 0.1) is 11.6 Å². The first kappa shape index (κ1) is 12.7. The van der Waals surface area contributed by atoms with E-state index in [2.05, 4.69) is 9.97 Å². The summed E-state index contributed by atoms with van der Waals surface area (Å²) in [7, 11) is 0. The number of benzene rings is 2. The normalized spacial score (nSPS) is 10.9. The highest BCUT2D eigenvalue weighted by Gasteiger charge is 2.15. The molecule has 0 aliphatic heterocycles. The first-order valence-electron chi connectivity index (χ1n) is 5.73. The fourth-order valence-electron chi connectivity index (χ4n) is 1.92. The second kappa shape index (κ2) is 4.68. The maximum Gasteiger partial charge on any atom is 0.160 e. The van der Waals surface area contributed by atoms with E-state index in [0.29, 0.717) is 11.0 Å². The lowest BCUT2D eigenvalue weighted by molar-refractivity contribution is 0.509. The van der Waals surface area contributed by atoms with Crippen LogP contribution in [0.5, 0.6) is 0 Å². The van der Waals surface area contributed by atoms with Gasteiger partial charge in [0.1, 0.15) is 5.69 Å². The van der Waals surface area contributed by atoms with Crippen LogP contribution >= 0.6 is 11.6 Å². The van der Waals surface area contributed by atoms with Gasteiger partial charge in [-0.05, 0) is 24.3 Å². The number of nitrogens with zero attached hydrogens (tertiary/aromatic N) is 2. The standard InChI is InChI=1S/C14H8ClF2N3/c15-8-6-10(17)9(16)5-7(8)13-14(18)20-12-4-2-1-3-11(12)19-13/h1-6H,(H2,18,20). The van der Waals surface area contributed by atoms with Crippen molar-refractivity contribution in [1.29, 1.82) is 0 Å². The number of nitrogens with two attached hydrogens (primary N) is 1. The molecule has 0 saturated heterocycles. The van der Waals surface area contributed by atoms with Crippen molar-refractivity contribution in [3.05, 3.63) is 53.1 Å². The summed E-state index contributed by atoms with van der Waals surface area (Å²) >= 11 is 5.93. The van der Waals surface area contributed by atoms with Crippen LogP contribution < -0.4 is 5.73 Å². The van der Waals surface area contributed by atoms with Gasteiger partial charge in [-0.15, -0.1) is 0 Å². The quantitative estimate of drug-likeness (QED) is 0.694. The number of nitrogen functional groups attached to an aromatic ring is 1. The molecule has 6 heteroatoms. The van der Waals surface area contributed by atoms with Crippen LogP contribution in [-0.4, -0.2) is 9.97 Å². The highest BCUT2D eigenvalue weighted by Crippen LogP contribution is 2.32. The molecule has 2 N–H and O–H groups in total. The molecule has 3 rings (SSSR count). The van der Waals surface area contributed by atoms with E-state index in [1.165, 1.54) is 0 Å². The van der Waals surface area contributed by atoms with E-state index < -0.39 is 11.6 Å². The Hall–Kier alpha value is -2.27. The van der Waals surface area contributed by atoms with E-state index in [4.69, 9.17) is 17.3 Å². The molecule has 0 atom stereocenters. The second-order valence-electron chi connectivity index (χ2n) is 4.19. The van der Waals surface area contributed by atoms with E-state index in [0.717, 1.165) is 12.1 Å². The number of para-hydroxylation sites is 2. The van der Waals surface area contributed by atoms with Gasteiger partial charge < -0.3 is 5.73 Å². The third kappa shape index (κ3) is 2.06. The molecule has 0 aliphatic carbocycles. The van der Waals surface area contributed by atoms with E-state index in [1.54, 1.807) is 24.3 Å². The molecule has 0 radical (unpaired) electrons. The number of rotatable bonds is 1. The highest BCUT2D eigenvalue weighted by atomic mass is 35.5. The minimum atomic E-state index is -1.02. The Kier molecular flexibility index (Phi) is 2.99. The smallest absolute Gasteiger partial charge is 0.160 e. The van der Waals surface area contributed by atoms with Gasteiger partial charge in [-0.25, -0.2) is 18.7 Å². The maximum absolute atomic E-state index is 13.4. The Labute approximate surface area is 118 Å². The van der Waals surface area contributed by atoms with Crippen molar-refractivity contribution in [2.75, 3.05) is 5.73 Å². The molecular weight excluding hydrogens is 284 g/mol. The van der Waals surface area contributed by atoms with E-state index in [9.17, 15) is 8.78 Å². The number of fused-ring (bicyclic) bond motifs is 1. The topological polar surface area (TPSA) is 51.8 Å². The first-order chi connectivity index (χ1) is 9.56. The molecular formula is C14H8ClF2N3. The maximum atomic E-state index is 13.4. The molecule has 1 aromatic heterocycles. The summed E-state index contributed by atoms with van der Waals surface area (Å²) in [5, 5.41) is 0.0279. The van der Waals surface area contributed by atoms with E-state index >= 15 is 0 Å². The van der Waals surface area contributed by atoms with Gasteiger partial charge in [0, 0.05) is 5.56 Å². The van der Waals surface area contributed by atoms with E-state index in [1.807, 2.05) is 0 Å². The summed E-state index contributed by atoms with van der Waals surface area (Å²) < 4.78 is 26.5. The minimum absolute atomic E-state index is 0.0279. The molecule has 2 aromatic carbocycles. The van der Waals surface area contributed by atoms with Gasteiger partial charge in [-0.3, -0.25) is 0 Å². The molecule has 0 saturated carbocycles. The van der Waals surface area contributed by atoms with Crippen LogP contribution in [0.15, 0.2) is 36.4 Å². The molecule has 100 valence electrons. The second-order valence-corrected chi connectivity index (χ2v) is 4.60. The monoisotopic (exact) mass is 291 g/mol. The number of aromatic nitrogens is 2. The van der Waals surface area contributed by atoms with Crippen molar-refractivity contribution in [2.45, 2.75) is 0 Å². The molecule has 0 aliphatic rings. The van der Waals surface area contributed by atoms with Crippen molar-refractivity contribution >= 4 is 28.5 Å². The molecule has 20 heavy (non-hydrogen) atoms. The summed E-state index contributed by atoms with van der Waals surface area (Å²) in [6.45, 7) is 0. The van der Waals surface area contributed by atoms with Crippen LogP contribution in [0.1, 0.15) is 0 Å². The zero-order valence-corrected chi connectivity index (χ0v) is 10.8. The summed E-state index contributed by atoms with van der Waals surface area (Å²) in [6.07, 6.45) is 0. The predicted molar refractivity (Wildman–Crippen MR) is 74.3 cm³/mol. The van der Waals surface area contributed by atoms with Gasteiger partial charge >= 0.3 is 0 Å². The van der Waals surface area contributed by atoms with Crippen molar-refractivity contribution in [1.82, 2.24) is 9.97 Å². The molecule has 3 nitrogen and oxygen atoms in total.